The summed E-state index contributed by atoms with van der Waals surface area (Å²) in [5.41, 5.74) is -0.153. The summed E-state index contributed by atoms with van der Waals surface area (Å²) < 4.78 is 16.9. The van der Waals surface area contributed by atoms with Crippen molar-refractivity contribution in [3.05, 3.63) is 34.4 Å². The van der Waals surface area contributed by atoms with Crippen LogP contribution in [-0.2, 0) is 9.47 Å². The first kappa shape index (κ1) is 26.0. The van der Waals surface area contributed by atoms with E-state index in [1.165, 1.54) is 6.07 Å². The van der Waals surface area contributed by atoms with E-state index in [9.17, 15) is 25.2 Å². The Kier molecular flexibility index (Phi) is 6.41. The molecule has 4 N–H and O–H groups in total. The topological polar surface area (TPSA) is 130 Å². The Balaban J connectivity index is 1.17. The van der Waals surface area contributed by atoms with E-state index in [2.05, 4.69) is 13.8 Å². The van der Waals surface area contributed by atoms with Crippen LogP contribution in [0.15, 0.2) is 27.6 Å². The van der Waals surface area contributed by atoms with Gasteiger partial charge < -0.3 is 34.3 Å². The van der Waals surface area contributed by atoms with Gasteiger partial charge in [-0.2, -0.15) is 0 Å². The largest absolute Gasteiger partial charge is 0.431 e. The molecule has 0 bridgehead atoms. The highest BCUT2D eigenvalue weighted by Gasteiger charge is 2.67. The average molecular weight is 519 g/mol. The van der Waals surface area contributed by atoms with Crippen molar-refractivity contribution in [3.63, 3.8) is 0 Å². The van der Waals surface area contributed by atoms with Gasteiger partial charge in [0.05, 0.1) is 24.6 Å². The van der Waals surface area contributed by atoms with Gasteiger partial charge in [0.2, 0.25) is 0 Å². The third-order valence-corrected chi connectivity index (χ3v) is 11.7. The van der Waals surface area contributed by atoms with E-state index >= 15 is 0 Å². The Morgan fingerprint density at radius 3 is 2.51 bits per heavy atom. The Labute approximate surface area is 218 Å². The smallest absolute Gasteiger partial charge is 0.335 e. The third-order valence-electron chi connectivity index (χ3n) is 11.7. The number of rotatable bonds is 3. The molecule has 0 spiro atoms. The fourth-order valence-corrected chi connectivity index (χ4v) is 9.50. The Morgan fingerprint density at radius 1 is 0.946 bits per heavy atom. The van der Waals surface area contributed by atoms with Crippen LogP contribution in [0.5, 0.6) is 0 Å². The lowest BCUT2D eigenvalue weighted by Gasteiger charge is -2.63. The molecule has 0 amide bonds. The molecule has 1 saturated heterocycles. The van der Waals surface area contributed by atoms with Crippen molar-refractivity contribution >= 4 is 0 Å². The first-order valence-electron chi connectivity index (χ1n) is 14.2. The molecule has 4 saturated carbocycles. The van der Waals surface area contributed by atoms with Crippen molar-refractivity contribution in [3.8, 4) is 0 Å². The van der Waals surface area contributed by atoms with Gasteiger partial charge in [0.15, 0.2) is 6.29 Å². The maximum absolute atomic E-state index is 12.4. The van der Waals surface area contributed by atoms with Crippen LogP contribution >= 0.6 is 0 Å². The highest BCUT2D eigenvalue weighted by molar-refractivity contribution is 5.27. The van der Waals surface area contributed by atoms with Crippen molar-refractivity contribution in [2.24, 2.45) is 28.6 Å². The Morgan fingerprint density at radius 2 is 1.76 bits per heavy atom. The molecule has 6 rings (SSSR count). The Bertz CT molecular complexity index is 1040. The average Bonchev–Trinajstić information content (AvgIpc) is 3.16. The van der Waals surface area contributed by atoms with Gasteiger partial charge in [-0.1, -0.05) is 13.8 Å². The number of hydrogen-bond acceptors (Lipinski definition) is 8. The predicted molar refractivity (Wildman–Crippen MR) is 134 cm³/mol. The van der Waals surface area contributed by atoms with Gasteiger partial charge in [0, 0.05) is 11.5 Å². The first-order valence-corrected chi connectivity index (χ1v) is 14.2. The summed E-state index contributed by atoms with van der Waals surface area (Å²) in [6.45, 7) is 4.63. The zero-order valence-electron chi connectivity index (χ0n) is 21.9. The van der Waals surface area contributed by atoms with E-state index in [0.29, 0.717) is 11.8 Å². The maximum atomic E-state index is 12.4. The van der Waals surface area contributed by atoms with E-state index in [0.717, 1.165) is 63.4 Å². The molecule has 1 aliphatic heterocycles. The number of aliphatic hydroxyl groups is 4. The van der Waals surface area contributed by atoms with Crippen molar-refractivity contribution in [2.45, 2.75) is 114 Å². The van der Waals surface area contributed by atoms with Crippen LogP contribution in [0.4, 0.5) is 0 Å². The zero-order chi connectivity index (χ0) is 26.2. The summed E-state index contributed by atoms with van der Waals surface area (Å²) in [6.07, 6.45) is 5.50. The standard InChI is InChI=1S/C29H42O8/c1-27-10-7-18(37-26-25(33)24(32)22(30)15-36-26)13-17(27)4-5-21-20(27)8-11-28(2)19(9-12-29(21,28)34)16-3-6-23(31)35-14-16/h3,6,14,17-22,24-26,30,32-34H,4-5,7-13,15H2,1-2H3/t17-,18+,19?,20+,21-,22+,24+,25-,26+,27+,28-,29+/m1/s1. The van der Waals surface area contributed by atoms with E-state index in [4.69, 9.17) is 13.9 Å². The first-order chi connectivity index (χ1) is 17.6. The summed E-state index contributed by atoms with van der Waals surface area (Å²) in [5, 5.41) is 42.5. The van der Waals surface area contributed by atoms with Crippen LogP contribution in [0.3, 0.4) is 0 Å². The molecule has 0 aromatic carbocycles. The fourth-order valence-electron chi connectivity index (χ4n) is 9.50. The summed E-state index contributed by atoms with van der Waals surface area (Å²) in [6, 6.07) is 3.38. The number of ether oxygens (including phenoxy) is 2. The van der Waals surface area contributed by atoms with Gasteiger partial charge in [-0.25, -0.2) is 4.79 Å². The van der Waals surface area contributed by atoms with Gasteiger partial charge in [0.1, 0.15) is 18.3 Å². The van der Waals surface area contributed by atoms with Gasteiger partial charge in [0.25, 0.3) is 0 Å². The summed E-state index contributed by atoms with van der Waals surface area (Å²) in [4.78, 5) is 11.5. The minimum absolute atomic E-state index is 0.0476. The fraction of sp³-hybridized carbons (Fsp3) is 0.828. The van der Waals surface area contributed by atoms with Crippen LogP contribution in [0.1, 0.15) is 83.1 Å². The van der Waals surface area contributed by atoms with E-state index < -0.39 is 30.2 Å². The second kappa shape index (κ2) is 9.14. The predicted octanol–water partition coefficient (Wildman–Crippen LogP) is 2.71. The monoisotopic (exact) mass is 518 g/mol. The lowest BCUT2D eigenvalue weighted by molar-refractivity contribution is -0.290. The molecule has 8 nitrogen and oxygen atoms in total. The molecule has 4 aliphatic carbocycles. The quantitative estimate of drug-likeness (QED) is 0.450. The maximum Gasteiger partial charge on any atom is 0.335 e. The van der Waals surface area contributed by atoms with Gasteiger partial charge in [-0.05, 0) is 98.5 Å². The van der Waals surface area contributed by atoms with E-state index in [-0.39, 0.29) is 41.0 Å². The van der Waals surface area contributed by atoms with Crippen LogP contribution in [-0.4, -0.2) is 63.3 Å². The molecule has 5 fully saturated rings. The molecule has 1 unspecified atom stereocenters. The normalized spacial score (nSPS) is 51.7. The summed E-state index contributed by atoms with van der Waals surface area (Å²) in [7, 11) is 0. The van der Waals surface area contributed by atoms with Gasteiger partial charge in [-0.3, -0.25) is 0 Å². The highest BCUT2D eigenvalue weighted by atomic mass is 16.7. The van der Waals surface area contributed by atoms with Crippen LogP contribution < -0.4 is 5.63 Å². The molecule has 206 valence electrons. The molecule has 8 heteroatoms. The van der Waals surface area contributed by atoms with Crippen LogP contribution in [0, 0.1) is 28.6 Å². The molecular formula is C29H42O8. The molecule has 37 heavy (non-hydrogen) atoms. The number of fused-ring (bicyclic) bond motifs is 5. The van der Waals surface area contributed by atoms with E-state index in [1.807, 2.05) is 6.07 Å². The SMILES string of the molecule is C[C@]12CC[C@H](O[C@@H]3OC[C@H](O)[C@H](O)[C@H]3O)C[C@H]1CC[C@@H]1[C@@H]2CC[C@]2(C)C(c3ccc(=O)oc3)CC[C@]12O. The minimum atomic E-state index is -1.26. The molecule has 5 aliphatic rings. The second-order valence-electron chi connectivity index (χ2n) is 13.1. The van der Waals surface area contributed by atoms with E-state index in [1.54, 1.807) is 6.26 Å². The second-order valence-corrected chi connectivity index (χ2v) is 13.1. The molecule has 0 radical (unpaired) electrons. The number of aliphatic hydroxyl groups excluding tert-OH is 3. The molecule has 1 aromatic rings. The van der Waals surface area contributed by atoms with Crippen molar-refractivity contribution in [2.75, 3.05) is 6.61 Å². The Hall–Kier alpha value is -1.29. The van der Waals surface area contributed by atoms with Crippen LogP contribution in [0.25, 0.3) is 0 Å². The lowest BCUT2D eigenvalue weighted by atomic mass is 9.43. The lowest BCUT2D eigenvalue weighted by Crippen LogP contribution is -2.62. The molecule has 12 atom stereocenters. The summed E-state index contributed by atoms with van der Waals surface area (Å²) >= 11 is 0. The van der Waals surface area contributed by atoms with Crippen LogP contribution in [0.2, 0.25) is 0 Å². The highest BCUT2D eigenvalue weighted by Crippen LogP contribution is 2.70. The molecule has 2 heterocycles. The van der Waals surface area contributed by atoms with Crippen molar-refractivity contribution in [1.82, 2.24) is 0 Å². The van der Waals surface area contributed by atoms with Crippen molar-refractivity contribution < 1.29 is 34.3 Å². The zero-order valence-corrected chi connectivity index (χ0v) is 21.9. The van der Waals surface area contributed by atoms with Gasteiger partial charge in [-0.15, -0.1) is 0 Å². The van der Waals surface area contributed by atoms with Gasteiger partial charge >= 0.3 is 5.63 Å². The third kappa shape index (κ3) is 3.89. The molecular weight excluding hydrogens is 476 g/mol. The number of hydrogen-bond donors (Lipinski definition) is 4. The minimum Gasteiger partial charge on any atom is -0.431 e. The molecule has 1 aromatic heterocycles. The van der Waals surface area contributed by atoms with Crippen molar-refractivity contribution in [1.29, 1.82) is 0 Å². The summed E-state index contributed by atoms with van der Waals surface area (Å²) in [5.74, 6) is 1.36.